The maximum Gasteiger partial charge on any atom is 0.229 e. The van der Waals surface area contributed by atoms with Gasteiger partial charge in [-0.25, -0.2) is 0 Å². The summed E-state index contributed by atoms with van der Waals surface area (Å²) in [7, 11) is 0. The maximum atomic E-state index is 11.9. The van der Waals surface area contributed by atoms with E-state index in [4.69, 9.17) is 11.6 Å². The number of benzene rings is 1. The van der Waals surface area contributed by atoms with Crippen LogP contribution in [0.1, 0.15) is 12.8 Å². The lowest BCUT2D eigenvalue weighted by atomic mass is 9.98. The van der Waals surface area contributed by atoms with Gasteiger partial charge in [0.2, 0.25) is 11.8 Å². The SMILES string of the molecule is O=C1CCC(C(=O)Nc2cc(Cl)ccc2O)CN1. The van der Waals surface area contributed by atoms with Crippen molar-refractivity contribution >= 4 is 29.1 Å². The molecule has 1 aromatic carbocycles. The summed E-state index contributed by atoms with van der Waals surface area (Å²) in [6.45, 7) is 0.325. The Balaban J connectivity index is 2.02. The zero-order valence-electron chi connectivity index (χ0n) is 9.57. The van der Waals surface area contributed by atoms with Gasteiger partial charge in [-0.05, 0) is 24.6 Å². The zero-order valence-corrected chi connectivity index (χ0v) is 10.3. The van der Waals surface area contributed by atoms with E-state index in [1.54, 1.807) is 0 Å². The minimum Gasteiger partial charge on any atom is -0.506 e. The average Bonchev–Trinajstić information content (AvgIpc) is 2.34. The summed E-state index contributed by atoms with van der Waals surface area (Å²) in [5.74, 6) is -0.578. The quantitative estimate of drug-likeness (QED) is 0.712. The van der Waals surface area contributed by atoms with Crippen LogP contribution in [0.2, 0.25) is 5.02 Å². The number of carbonyl (C=O) groups is 2. The lowest BCUT2D eigenvalue weighted by Gasteiger charge is -2.21. The first-order valence-corrected chi connectivity index (χ1v) is 6.00. The van der Waals surface area contributed by atoms with Gasteiger partial charge in [0, 0.05) is 18.0 Å². The van der Waals surface area contributed by atoms with Gasteiger partial charge in [-0.2, -0.15) is 0 Å². The number of carbonyl (C=O) groups excluding carboxylic acids is 2. The van der Waals surface area contributed by atoms with Crippen LogP contribution in [0.4, 0.5) is 5.69 Å². The van der Waals surface area contributed by atoms with E-state index in [1.165, 1.54) is 18.2 Å². The number of phenols is 1. The Morgan fingerprint density at radius 3 is 2.94 bits per heavy atom. The molecule has 96 valence electrons. The lowest BCUT2D eigenvalue weighted by molar-refractivity contribution is -0.126. The van der Waals surface area contributed by atoms with Gasteiger partial charge >= 0.3 is 0 Å². The number of rotatable bonds is 2. The Morgan fingerprint density at radius 2 is 2.28 bits per heavy atom. The Kier molecular flexibility index (Phi) is 3.72. The second-order valence-corrected chi connectivity index (χ2v) is 4.63. The Morgan fingerprint density at radius 1 is 1.50 bits per heavy atom. The first kappa shape index (κ1) is 12.7. The Hall–Kier alpha value is -1.75. The van der Waals surface area contributed by atoms with Crippen LogP contribution in [0.15, 0.2) is 18.2 Å². The molecule has 0 aliphatic carbocycles. The van der Waals surface area contributed by atoms with Crippen LogP contribution in [0, 0.1) is 5.92 Å². The number of amides is 2. The summed E-state index contributed by atoms with van der Waals surface area (Å²) < 4.78 is 0. The molecule has 2 amide bonds. The van der Waals surface area contributed by atoms with E-state index in [0.717, 1.165) is 0 Å². The molecule has 1 fully saturated rings. The summed E-state index contributed by atoms with van der Waals surface area (Å²) >= 11 is 5.79. The number of piperidine rings is 1. The fraction of sp³-hybridized carbons (Fsp3) is 0.333. The van der Waals surface area contributed by atoms with Gasteiger partial charge in [0.1, 0.15) is 5.75 Å². The molecule has 1 aliphatic heterocycles. The number of hydrogen-bond acceptors (Lipinski definition) is 3. The molecule has 6 heteroatoms. The molecule has 0 aromatic heterocycles. The number of hydrogen-bond donors (Lipinski definition) is 3. The molecule has 0 spiro atoms. The minimum atomic E-state index is -0.277. The molecular formula is C12H13ClN2O3. The molecule has 1 saturated heterocycles. The fourth-order valence-corrected chi connectivity index (χ4v) is 1.97. The van der Waals surface area contributed by atoms with E-state index in [9.17, 15) is 14.7 Å². The van der Waals surface area contributed by atoms with Crippen LogP contribution in [0.3, 0.4) is 0 Å². The van der Waals surface area contributed by atoms with Crippen molar-refractivity contribution in [1.29, 1.82) is 0 Å². The number of halogens is 1. The van der Waals surface area contributed by atoms with Crippen molar-refractivity contribution in [2.75, 3.05) is 11.9 Å². The third kappa shape index (κ3) is 2.92. The first-order valence-electron chi connectivity index (χ1n) is 5.62. The molecule has 1 aliphatic rings. The largest absolute Gasteiger partial charge is 0.506 e. The van der Waals surface area contributed by atoms with Crippen LogP contribution >= 0.6 is 11.6 Å². The molecule has 0 bridgehead atoms. The number of phenolic OH excluding ortho intramolecular Hbond substituents is 1. The van der Waals surface area contributed by atoms with Crippen molar-refractivity contribution in [2.45, 2.75) is 12.8 Å². The van der Waals surface area contributed by atoms with E-state index in [2.05, 4.69) is 10.6 Å². The molecule has 18 heavy (non-hydrogen) atoms. The van der Waals surface area contributed by atoms with Crippen molar-refractivity contribution in [1.82, 2.24) is 5.32 Å². The second-order valence-electron chi connectivity index (χ2n) is 4.19. The van der Waals surface area contributed by atoms with Gasteiger partial charge in [0.15, 0.2) is 0 Å². The van der Waals surface area contributed by atoms with Crippen molar-refractivity contribution in [3.63, 3.8) is 0 Å². The van der Waals surface area contributed by atoms with Gasteiger partial charge < -0.3 is 15.7 Å². The Bertz CT molecular complexity index is 480. The van der Waals surface area contributed by atoms with E-state index in [1.807, 2.05) is 0 Å². The highest BCUT2D eigenvalue weighted by Gasteiger charge is 2.24. The molecule has 2 rings (SSSR count). The molecule has 1 aromatic rings. The van der Waals surface area contributed by atoms with Crippen molar-refractivity contribution in [3.05, 3.63) is 23.2 Å². The number of anilines is 1. The molecular weight excluding hydrogens is 256 g/mol. The van der Waals surface area contributed by atoms with Gasteiger partial charge in [0.05, 0.1) is 11.6 Å². The minimum absolute atomic E-state index is 0.0346. The maximum absolute atomic E-state index is 11.9. The molecule has 1 heterocycles. The summed E-state index contributed by atoms with van der Waals surface area (Å²) in [5, 5.41) is 15.3. The predicted molar refractivity (Wildman–Crippen MR) is 67.5 cm³/mol. The van der Waals surface area contributed by atoms with E-state index in [-0.39, 0.29) is 29.2 Å². The van der Waals surface area contributed by atoms with Crippen LogP contribution in [0.25, 0.3) is 0 Å². The topological polar surface area (TPSA) is 78.4 Å². The lowest BCUT2D eigenvalue weighted by Crippen LogP contribution is -2.40. The molecule has 1 atom stereocenters. The average molecular weight is 269 g/mol. The highest BCUT2D eigenvalue weighted by Crippen LogP contribution is 2.27. The van der Waals surface area contributed by atoms with Crippen LogP contribution in [-0.4, -0.2) is 23.5 Å². The summed E-state index contributed by atoms with van der Waals surface area (Å²) in [5.41, 5.74) is 0.282. The molecule has 0 radical (unpaired) electrons. The second kappa shape index (κ2) is 5.27. The van der Waals surface area contributed by atoms with Crippen LogP contribution in [0.5, 0.6) is 5.75 Å². The molecule has 5 nitrogen and oxygen atoms in total. The number of nitrogens with one attached hydrogen (secondary N) is 2. The van der Waals surface area contributed by atoms with E-state index in [0.29, 0.717) is 24.4 Å². The van der Waals surface area contributed by atoms with Crippen molar-refractivity contribution < 1.29 is 14.7 Å². The van der Waals surface area contributed by atoms with Gasteiger partial charge in [-0.1, -0.05) is 11.6 Å². The van der Waals surface area contributed by atoms with E-state index >= 15 is 0 Å². The Labute approximate surface area is 109 Å². The van der Waals surface area contributed by atoms with Gasteiger partial charge in [-0.15, -0.1) is 0 Å². The van der Waals surface area contributed by atoms with E-state index < -0.39 is 0 Å². The van der Waals surface area contributed by atoms with Gasteiger partial charge in [-0.3, -0.25) is 9.59 Å². The number of aromatic hydroxyl groups is 1. The van der Waals surface area contributed by atoms with Crippen molar-refractivity contribution in [3.8, 4) is 5.75 Å². The normalized spacial score (nSPS) is 19.2. The monoisotopic (exact) mass is 268 g/mol. The highest BCUT2D eigenvalue weighted by atomic mass is 35.5. The third-order valence-corrected chi connectivity index (χ3v) is 3.09. The summed E-state index contributed by atoms with van der Waals surface area (Å²) in [4.78, 5) is 22.9. The molecule has 3 N–H and O–H groups in total. The van der Waals surface area contributed by atoms with Gasteiger partial charge in [0.25, 0.3) is 0 Å². The highest BCUT2D eigenvalue weighted by molar-refractivity contribution is 6.31. The smallest absolute Gasteiger partial charge is 0.229 e. The first-order chi connectivity index (χ1) is 8.56. The molecule has 0 saturated carbocycles. The summed E-state index contributed by atoms with van der Waals surface area (Å²) in [6.07, 6.45) is 0.860. The third-order valence-electron chi connectivity index (χ3n) is 2.85. The standard InChI is InChI=1S/C12H13ClN2O3/c13-8-2-3-10(16)9(5-8)15-12(18)7-1-4-11(17)14-6-7/h2-3,5,7,16H,1,4,6H2,(H,14,17)(H,15,18). The molecule has 1 unspecified atom stereocenters. The fourth-order valence-electron chi connectivity index (χ4n) is 1.80. The van der Waals surface area contributed by atoms with Crippen LogP contribution in [-0.2, 0) is 9.59 Å². The predicted octanol–water partition coefficient (Wildman–Crippen LogP) is 1.51. The van der Waals surface area contributed by atoms with Crippen molar-refractivity contribution in [2.24, 2.45) is 5.92 Å². The summed E-state index contributed by atoms with van der Waals surface area (Å²) in [6, 6.07) is 4.43. The van der Waals surface area contributed by atoms with Crippen LogP contribution < -0.4 is 10.6 Å². The zero-order chi connectivity index (χ0) is 13.1.